The predicted octanol–water partition coefficient (Wildman–Crippen LogP) is 2.23. The van der Waals surface area contributed by atoms with Crippen LogP contribution in [0.5, 0.6) is 0 Å². The Balaban J connectivity index is 2.86. The summed E-state index contributed by atoms with van der Waals surface area (Å²) in [5.74, 6) is 0.610. The van der Waals surface area contributed by atoms with Gasteiger partial charge in [-0.15, -0.1) is 0 Å². The van der Waals surface area contributed by atoms with E-state index in [-0.39, 0.29) is 17.1 Å². The number of hydrogen-bond acceptors (Lipinski definition) is 6. The molecule has 0 aliphatic rings. The summed E-state index contributed by atoms with van der Waals surface area (Å²) in [6, 6.07) is 0. The van der Waals surface area contributed by atoms with E-state index in [0.717, 1.165) is 13.1 Å². The Bertz CT molecular complexity index is 376. The maximum absolute atomic E-state index is 8.89. The quantitative estimate of drug-likeness (QED) is 0.777. The van der Waals surface area contributed by atoms with E-state index in [1.807, 2.05) is 25.7 Å². The number of nitrogens with zero attached hydrogens (tertiary/aromatic N) is 4. The summed E-state index contributed by atoms with van der Waals surface area (Å²) >= 11 is 7.42. The van der Waals surface area contributed by atoms with Gasteiger partial charge in [0.05, 0.1) is 0 Å². The first kappa shape index (κ1) is 15.5. The molecule has 1 rings (SSSR count). The molecule has 18 heavy (non-hydrogen) atoms. The van der Waals surface area contributed by atoms with E-state index >= 15 is 0 Å². The summed E-state index contributed by atoms with van der Waals surface area (Å²) in [6.45, 7) is 7.93. The van der Waals surface area contributed by atoms with Crippen molar-refractivity contribution in [2.75, 3.05) is 24.6 Å². The molecule has 0 saturated heterocycles. The van der Waals surface area contributed by atoms with Gasteiger partial charge >= 0.3 is 0 Å². The van der Waals surface area contributed by atoms with Crippen molar-refractivity contribution in [3.8, 4) is 0 Å². The molecule has 0 aliphatic heterocycles. The molecule has 1 aromatic heterocycles. The lowest BCUT2D eigenvalue weighted by Gasteiger charge is -2.19. The van der Waals surface area contributed by atoms with Gasteiger partial charge in [0, 0.05) is 24.9 Å². The smallest absolute Gasteiger partial charge is 0.230 e. The summed E-state index contributed by atoms with van der Waals surface area (Å²) in [6.07, 6.45) is 0.703. The molecule has 1 aromatic rings. The third-order valence-electron chi connectivity index (χ3n) is 2.46. The molecule has 0 bridgehead atoms. The van der Waals surface area contributed by atoms with E-state index in [9.17, 15) is 0 Å². The molecule has 7 heteroatoms. The highest BCUT2D eigenvalue weighted by atomic mass is 35.5. The molecule has 1 heterocycles. The molecule has 0 amide bonds. The number of rotatable bonds is 7. The van der Waals surface area contributed by atoms with Crippen LogP contribution in [0.3, 0.4) is 0 Å². The minimum Gasteiger partial charge on any atom is -0.396 e. The second-order valence-electron chi connectivity index (χ2n) is 3.80. The summed E-state index contributed by atoms with van der Waals surface area (Å²) in [5, 5.41) is 9.96. The minimum atomic E-state index is 0.163. The van der Waals surface area contributed by atoms with Crippen LogP contribution in [0.15, 0.2) is 5.16 Å². The van der Waals surface area contributed by atoms with Gasteiger partial charge in [-0.1, -0.05) is 18.7 Å². The predicted molar refractivity (Wildman–Crippen MR) is 75.4 cm³/mol. The van der Waals surface area contributed by atoms with Crippen LogP contribution in [0.25, 0.3) is 0 Å². The molecule has 0 radical (unpaired) electrons. The van der Waals surface area contributed by atoms with Crippen LogP contribution in [0.1, 0.15) is 27.2 Å². The summed E-state index contributed by atoms with van der Waals surface area (Å²) in [5.41, 5.74) is 0. The van der Waals surface area contributed by atoms with Gasteiger partial charge in [-0.05, 0) is 31.9 Å². The summed E-state index contributed by atoms with van der Waals surface area (Å²) < 4.78 is 0. The fraction of sp³-hybridized carbons (Fsp3) is 0.727. The third kappa shape index (κ3) is 4.59. The minimum absolute atomic E-state index is 0.163. The van der Waals surface area contributed by atoms with Crippen LogP contribution in [0.2, 0.25) is 5.28 Å². The Morgan fingerprint density at radius 3 is 2.50 bits per heavy atom. The van der Waals surface area contributed by atoms with E-state index in [2.05, 4.69) is 15.0 Å². The van der Waals surface area contributed by atoms with Gasteiger partial charge in [0.25, 0.3) is 0 Å². The molecule has 1 N–H and O–H groups in total. The summed E-state index contributed by atoms with van der Waals surface area (Å²) in [4.78, 5) is 14.7. The Morgan fingerprint density at radius 2 is 1.94 bits per heavy atom. The highest BCUT2D eigenvalue weighted by Gasteiger charge is 2.12. The average Bonchev–Trinajstić information content (AvgIpc) is 2.30. The molecule has 0 saturated carbocycles. The Morgan fingerprint density at radius 1 is 1.28 bits per heavy atom. The number of aliphatic hydroxyl groups is 1. The fourth-order valence-electron chi connectivity index (χ4n) is 1.44. The monoisotopic (exact) mass is 290 g/mol. The van der Waals surface area contributed by atoms with Gasteiger partial charge in [-0.2, -0.15) is 15.0 Å². The van der Waals surface area contributed by atoms with Crippen molar-refractivity contribution in [3.05, 3.63) is 5.28 Å². The van der Waals surface area contributed by atoms with E-state index in [1.54, 1.807) is 0 Å². The number of thioether (sulfide) groups is 1. The molecule has 102 valence electrons. The zero-order valence-electron chi connectivity index (χ0n) is 10.9. The SMILES string of the molecule is CCN(CC)c1nc(Cl)nc(SC(C)CCO)n1. The molecule has 0 aliphatic carbocycles. The van der Waals surface area contributed by atoms with Crippen LogP contribution < -0.4 is 4.90 Å². The normalized spacial score (nSPS) is 12.5. The van der Waals surface area contributed by atoms with Crippen molar-refractivity contribution in [1.82, 2.24) is 15.0 Å². The van der Waals surface area contributed by atoms with Crippen LogP contribution in [-0.2, 0) is 0 Å². The molecule has 5 nitrogen and oxygen atoms in total. The second kappa shape index (κ2) is 7.76. The van der Waals surface area contributed by atoms with Gasteiger partial charge in [0.2, 0.25) is 11.2 Å². The van der Waals surface area contributed by atoms with Gasteiger partial charge in [-0.3, -0.25) is 0 Å². The zero-order valence-corrected chi connectivity index (χ0v) is 12.5. The number of hydrogen-bond donors (Lipinski definition) is 1. The molecule has 0 fully saturated rings. The first-order valence-electron chi connectivity index (χ1n) is 6.04. The Labute approximate surface area is 117 Å². The zero-order chi connectivity index (χ0) is 13.5. The lowest BCUT2D eigenvalue weighted by Crippen LogP contribution is -2.24. The molecular formula is C11H19ClN4OS. The molecule has 0 spiro atoms. The third-order valence-corrected chi connectivity index (χ3v) is 3.66. The number of aromatic nitrogens is 3. The fourth-order valence-corrected chi connectivity index (χ4v) is 2.51. The largest absolute Gasteiger partial charge is 0.396 e. The van der Waals surface area contributed by atoms with Crippen molar-refractivity contribution in [2.24, 2.45) is 0 Å². The van der Waals surface area contributed by atoms with Crippen molar-refractivity contribution in [1.29, 1.82) is 0 Å². The average molecular weight is 291 g/mol. The maximum atomic E-state index is 8.89. The van der Waals surface area contributed by atoms with Crippen molar-refractivity contribution in [2.45, 2.75) is 37.6 Å². The highest BCUT2D eigenvalue weighted by Crippen LogP contribution is 2.24. The van der Waals surface area contributed by atoms with Crippen molar-refractivity contribution in [3.63, 3.8) is 0 Å². The van der Waals surface area contributed by atoms with Crippen molar-refractivity contribution >= 4 is 29.3 Å². The van der Waals surface area contributed by atoms with Crippen LogP contribution >= 0.6 is 23.4 Å². The topological polar surface area (TPSA) is 62.1 Å². The Hall–Kier alpha value is -0.590. The van der Waals surface area contributed by atoms with Crippen molar-refractivity contribution < 1.29 is 5.11 Å². The first-order valence-corrected chi connectivity index (χ1v) is 7.30. The van der Waals surface area contributed by atoms with E-state index in [4.69, 9.17) is 16.7 Å². The lowest BCUT2D eigenvalue weighted by molar-refractivity contribution is 0.289. The molecular weight excluding hydrogens is 272 g/mol. The summed E-state index contributed by atoms with van der Waals surface area (Å²) in [7, 11) is 0. The van der Waals surface area contributed by atoms with Gasteiger partial charge < -0.3 is 10.0 Å². The van der Waals surface area contributed by atoms with Crippen LogP contribution in [0, 0.1) is 0 Å². The lowest BCUT2D eigenvalue weighted by atomic mass is 10.4. The second-order valence-corrected chi connectivity index (χ2v) is 5.54. The molecule has 0 aromatic carbocycles. The van der Waals surface area contributed by atoms with E-state index in [1.165, 1.54) is 11.8 Å². The standard InChI is InChI=1S/C11H19ClN4OS/c1-4-16(5-2)10-13-9(12)14-11(15-10)18-8(3)6-7-17/h8,17H,4-7H2,1-3H3. The van der Waals surface area contributed by atoms with Crippen LogP contribution in [-0.4, -0.2) is 45.0 Å². The van der Waals surface area contributed by atoms with Gasteiger partial charge in [0.1, 0.15) is 0 Å². The molecule has 1 unspecified atom stereocenters. The number of halogens is 1. The van der Waals surface area contributed by atoms with Gasteiger partial charge in [0.15, 0.2) is 5.16 Å². The molecule has 1 atom stereocenters. The Kier molecular flexibility index (Phi) is 6.67. The van der Waals surface area contributed by atoms with E-state index in [0.29, 0.717) is 17.5 Å². The number of aliphatic hydroxyl groups excluding tert-OH is 1. The van der Waals surface area contributed by atoms with Crippen LogP contribution in [0.4, 0.5) is 5.95 Å². The first-order chi connectivity index (χ1) is 8.60. The highest BCUT2D eigenvalue weighted by molar-refractivity contribution is 7.99. The van der Waals surface area contributed by atoms with Gasteiger partial charge in [-0.25, -0.2) is 0 Å². The van der Waals surface area contributed by atoms with E-state index < -0.39 is 0 Å². The number of anilines is 1. The maximum Gasteiger partial charge on any atom is 0.230 e.